The van der Waals surface area contributed by atoms with E-state index >= 15 is 0 Å². The SMILES string of the molecule is CCOC(=O)C(C)(N)CCCSC1CCCCC1. The van der Waals surface area contributed by atoms with Crippen LogP contribution in [0.1, 0.15) is 58.8 Å². The van der Waals surface area contributed by atoms with Crippen molar-refractivity contribution >= 4 is 17.7 Å². The zero-order valence-corrected chi connectivity index (χ0v) is 12.6. The third-order valence-corrected chi connectivity index (χ3v) is 4.96. The van der Waals surface area contributed by atoms with Gasteiger partial charge >= 0.3 is 5.97 Å². The van der Waals surface area contributed by atoms with Crippen LogP contribution in [0.2, 0.25) is 0 Å². The Morgan fingerprint density at radius 3 is 2.67 bits per heavy atom. The minimum Gasteiger partial charge on any atom is -0.465 e. The van der Waals surface area contributed by atoms with Crippen molar-refractivity contribution in [3.63, 3.8) is 0 Å². The van der Waals surface area contributed by atoms with Crippen molar-refractivity contribution in [3.8, 4) is 0 Å². The van der Waals surface area contributed by atoms with Crippen LogP contribution >= 0.6 is 11.8 Å². The van der Waals surface area contributed by atoms with E-state index in [2.05, 4.69) is 11.8 Å². The Kier molecular flexibility index (Phi) is 7.08. The highest BCUT2D eigenvalue weighted by Crippen LogP contribution is 2.29. The molecule has 1 saturated carbocycles. The highest BCUT2D eigenvalue weighted by Gasteiger charge is 2.29. The molecule has 0 radical (unpaired) electrons. The summed E-state index contributed by atoms with van der Waals surface area (Å²) in [6, 6.07) is 0. The van der Waals surface area contributed by atoms with E-state index in [-0.39, 0.29) is 5.97 Å². The Morgan fingerprint density at radius 1 is 1.39 bits per heavy atom. The van der Waals surface area contributed by atoms with Crippen molar-refractivity contribution in [2.45, 2.75) is 69.6 Å². The number of nitrogens with two attached hydrogens (primary N) is 1. The monoisotopic (exact) mass is 273 g/mol. The lowest BCUT2D eigenvalue weighted by molar-refractivity contribution is -0.149. The smallest absolute Gasteiger partial charge is 0.325 e. The maximum absolute atomic E-state index is 11.6. The van der Waals surface area contributed by atoms with E-state index in [9.17, 15) is 4.79 Å². The van der Waals surface area contributed by atoms with E-state index in [1.54, 1.807) is 6.92 Å². The summed E-state index contributed by atoms with van der Waals surface area (Å²) in [5, 5.41) is 0.838. The number of ether oxygens (including phenoxy) is 1. The molecule has 4 heteroatoms. The average molecular weight is 273 g/mol. The fourth-order valence-corrected chi connectivity index (χ4v) is 3.63. The number of carbonyl (C=O) groups is 1. The van der Waals surface area contributed by atoms with Gasteiger partial charge in [0.15, 0.2) is 0 Å². The fraction of sp³-hybridized carbons (Fsp3) is 0.929. The molecule has 0 aliphatic heterocycles. The summed E-state index contributed by atoms with van der Waals surface area (Å²) in [4.78, 5) is 11.6. The summed E-state index contributed by atoms with van der Waals surface area (Å²) < 4.78 is 4.98. The first-order chi connectivity index (χ1) is 8.56. The number of esters is 1. The van der Waals surface area contributed by atoms with Crippen LogP contribution in [-0.4, -0.2) is 29.1 Å². The van der Waals surface area contributed by atoms with E-state index in [1.807, 2.05) is 6.92 Å². The molecule has 0 saturated heterocycles. The molecule has 1 rings (SSSR count). The van der Waals surface area contributed by atoms with Gasteiger partial charge in [-0.1, -0.05) is 19.3 Å². The Hall–Kier alpha value is -0.220. The zero-order valence-electron chi connectivity index (χ0n) is 11.7. The molecule has 0 bridgehead atoms. The van der Waals surface area contributed by atoms with Gasteiger partial charge in [-0.05, 0) is 45.3 Å². The van der Waals surface area contributed by atoms with Crippen LogP contribution in [0.4, 0.5) is 0 Å². The van der Waals surface area contributed by atoms with Crippen LogP contribution in [-0.2, 0) is 9.53 Å². The van der Waals surface area contributed by atoms with Gasteiger partial charge in [-0.15, -0.1) is 0 Å². The summed E-state index contributed by atoms with van der Waals surface area (Å²) in [6.07, 6.45) is 8.61. The van der Waals surface area contributed by atoms with Crippen molar-refractivity contribution in [2.75, 3.05) is 12.4 Å². The van der Waals surface area contributed by atoms with Gasteiger partial charge in [0.1, 0.15) is 5.54 Å². The van der Waals surface area contributed by atoms with Crippen molar-refractivity contribution in [1.29, 1.82) is 0 Å². The quantitative estimate of drug-likeness (QED) is 0.572. The number of hydrogen-bond acceptors (Lipinski definition) is 4. The molecule has 2 N–H and O–H groups in total. The standard InChI is InChI=1S/C14H27NO2S/c1-3-17-13(16)14(2,15)10-7-11-18-12-8-5-4-6-9-12/h12H,3-11,15H2,1-2H3. The highest BCUT2D eigenvalue weighted by molar-refractivity contribution is 7.99. The minimum absolute atomic E-state index is 0.271. The summed E-state index contributed by atoms with van der Waals surface area (Å²) in [6.45, 7) is 3.99. The first-order valence-corrected chi connectivity index (χ1v) is 8.19. The second-order valence-electron chi connectivity index (χ2n) is 5.37. The molecule has 3 nitrogen and oxygen atoms in total. The van der Waals surface area contributed by atoms with Gasteiger partial charge in [0.25, 0.3) is 0 Å². The van der Waals surface area contributed by atoms with Gasteiger partial charge < -0.3 is 10.5 Å². The van der Waals surface area contributed by atoms with Crippen LogP contribution < -0.4 is 5.73 Å². The van der Waals surface area contributed by atoms with Crippen molar-refractivity contribution in [2.24, 2.45) is 5.73 Å². The second kappa shape index (κ2) is 8.05. The van der Waals surface area contributed by atoms with Crippen LogP contribution in [0, 0.1) is 0 Å². The fourth-order valence-electron chi connectivity index (χ4n) is 2.32. The molecule has 0 aromatic rings. The molecule has 0 aromatic carbocycles. The van der Waals surface area contributed by atoms with Crippen LogP contribution in [0.25, 0.3) is 0 Å². The number of hydrogen-bond donors (Lipinski definition) is 1. The molecule has 1 atom stereocenters. The van der Waals surface area contributed by atoms with E-state index in [4.69, 9.17) is 10.5 Å². The van der Waals surface area contributed by atoms with Crippen LogP contribution in [0.3, 0.4) is 0 Å². The van der Waals surface area contributed by atoms with E-state index in [0.29, 0.717) is 13.0 Å². The molecule has 0 spiro atoms. The van der Waals surface area contributed by atoms with Crippen molar-refractivity contribution < 1.29 is 9.53 Å². The molecule has 0 heterocycles. The van der Waals surface area contributed by atoms with Crippen LogP contribution in [0.15, 0.2) is 0 Å². The Labute approximate surface area is 115 Å². The predicted octanol–water partition coefficient (Wildman–Crippen LogP) is 3.11. The molecular formula is C14H27NO2S. The highest BCUT2D eigenvalue weighted by atomic mass is 32.2. The topological polar surface area (TPSA) is 52.3 Å². The lowest BCUT2D eigenvalue weighted by Gasteiger charge is -2.24. The summed E-state index contributed by atoms with van der Waals surface area (Å²) >= 11 is 2.06. The first-order valence-electron chi connectivity index (χ1n) is 7.14. The first kappa shape index (κ1) is 15.8. The van der Waals surface area contributed by atoms with Gasteiger partial charge in [0.05, 0.1) is 6.61 Å². The molecule has 0 amide bonds. The van der Waals surface area contributed by atoms with Gasteiger partial charge in [0, 0.05) is 5.25 Å². The molecule has 106 valence electrons. The Bertz CT molecular complexity index is 250. The summed E-state index contributed by atoms with van der Waals surface area (Å²) in [5.74, 6) is 0.837. The second-order valence-corrected chi connectivity index (χ2v) is 6.78. The van der Waals surface area contributed by atoms with Gasteiger partial charge in [-0.25, -0.2) is 0 Å². The maximum atomic E-state index is 11.6. The zero-order chi connectivity index (χ0) is 13.4. The van der Waals surface area contributed by atoms with E-state index in [1.165, 1.54) is 32.1 Å². The Morgan fingerprint density at radius 2 is 2.06 bits per heavy atom. The molecule has 1 aliphatic carbocycles. The number of rotatable bonds is 7. The summed E-state index contributed by atoms with van der Waals surface area (Å²) in [7, 11) is 0. The lowest BCUT2D eigenvalue weighted by atomic mass is 9.98. The lowest BCUT2D eigenvalue weighted by Crippen LogP contribution is -2.46. The predicted molar refractivity (Wildman–Crippen MR) is 77.8 cm³/mol. The molecule has 1 aliphatic rings. The van der Waals surface area contributed by atoms with Gasteiger partial charge in [-0.2, -0.15) is 11.8 Å². The Balaban J connectivity index is 2.13. The van der Waals surface area contributed by atoms with E-state index in [0.717, 1.165) is 17.4 Å². The summed E-state index contributed by atoms with van der Waals surface area (Å²) in [5.41, 5.74) is 5.17. The molecule has 0 aromatic heterocycles. The molecule has 1 fully saturated rings. The van der Waals surface area contributed by atoms with Gasteiger partial charge in [-0.3, -0.25) is 4.79 Å². The maximum Gasteiger partial charge on any atom is 0.325 e. The number of carbonyl (C=O) groups excluding carboxylic acids is 1. The largest absolute Gasteiger partial charge is 0.465 e. The van der Waals surface area contributed by atoms with Crippen LogP contribution in [0.5, 0.6) is 0 Å². The molecular weight excluding hydrogens is 246 g/mol. The molecule has 18 heavy (non-hydrogen) atoms. The van der Waals surface area contributed by atoms with Crippen molar-refractivity contribution in [1.82, 2.24) is 0 Å². The third kappa shape index (κ3) is 5.61. The third-order valence-electron chi connectivity index (χ3n) is 3.49. The molecule has 1 unspecified atom stereocenters. The minimum atomic E-state index is -0.816. The normalized spacial score (nSPS) is 20.4. The van der Waals surface area contributed by atoms with E-state index < -0.39 is 5.54 Å². The van der Waals surface area contributed by atoms with Crippen molar-refractivity contribution in [3.05, 3.63) is 0 Å². The average Bonchev–Trinajstić information content (AvgIpc) is 2.36. The van der Waals surface area contributed by atoms with Gasteiger partial charge in [0.2, 0.25) is 0 Å². The number of thioether (sulfide) groups is 1.